The molecule has 0 unspecified atom stereocenters. The van der Waals surface area contributed by atoms with Crippen molar-refractivity contribution in [2.24, 2.45) is 0 Å². The van der Waals surface area contributed by atoms with Crippen LogP contribution in [0.4, 0.5) is 5.69 Å². The van der Waals surface area contributed by atoms with Crippen LogP contribution in [0.5, 0.6) is 0 Å². The smallest absolute Gasteiger partial charge is 0.275 e. The molecule has 0 fully saturated rings. The van der Waals surface area contributed by atoms with Crippen molar-refractivity contribution in [3.63, 3.8) is 0 Å². The van der Waals surface area contributed by atoms with Gasteiger partial charge in [-0.3, -0.25) is 9.78 Å². The van der Waals surface area contributed by atoms with Crippen molar-refractivity contribution in [2.45, 2.75) is 0 Å². The molecule has 4 rings (SSSR count). The number of benzene rings is 2. The highest BCUT2D eigenvalue weighted by atomic mass is 16.3. The van der Waals surface area contributed by atoms with Crippen LogP contribution in [0.15, 0.2) is 71.5 Å². The molecule has 0 aliphatic heterocycles. The summed E-state index contributed by atoms with van der Waals surface area (Å²) >= 11 is 0. The van der Waals surface area contributed by atoms with Crippen LogP contribution in [0.3, 0.4) is 0 Å². The zero-order valence-corrected chi connectivity index (χ0v) is 12.5. The van der Waals surface area contributed by atoms with Crippen molar-refractivity contribution < 1.29 is 9.21 Å². The Morgan fingerprint density at radius 1 is 1.00 bits per heavy atom. The molecular formula is C18H12N4O2. The molecule has 2 aromatic carbocycles. The van der Waals surface area contributed by atoms with Gasteiger partial charge >= 0.3 is 0 Å². The second kappa shape index (κ2) is 5.92. The molecule has 116 valence electrons. The van der Waals surface area contributed by atoms with E-state index in [1.54, 1.807) is 12.1 Å². The number of amides is 1. The molecule has 0 bridgehead atoms. The first-order valence-electron chi connectivity index (χ1n) is 7.33. The number of hydrogen-bond donors (Lipinski definition) is 1. The number of fused-ring (bicyclic) bond motifs is 1. The van der Waals surface area contributed by atoms with Crippen LogP contribution in [0, 0.1) is 0 Å². The standard InChI is InChI=1S/C18H12N4O2/c23-17(14-11-19-9-10-20-14)21-13-7-4-8-15-16(13)22-18(24-15)12-5-2-1-3-6-12/h1-11H,(H,21,23). The van der Waals surface area contributed by atoms with Crippen LogP contribution >= 0.6 is 0 Å². The summed E-state index contributed by atoms with van der Waals surface area (Å²) in [5.74, 6) is 0.159. The highest BCUT2D eigenvalue weighted by molar-refractivity contribution is 6.06. The summed E-state index contributed by atoms with van der Waals surface area (Å²) in [6.07, 6.45) is 4.40. The topological polar surface area (TPSA) is 80.9 Å². The monoisotopic (exact) mass is 316 g/mol. The lowest BCUT2D eigenvalue weighted by atomic mass is 10.2. The molecule has 0 saturated heterocycles. The minimum absolute atomic E-state index is 0.237. The van der Waals surface area contributed by atoms with Crippen molar-refractivity contribution in [1.29, 1.82) is 0 Å². The maximum Gasteiger partial charge on any atom is 0.275 e. The molecule has 24 heavy (non-hydrogen) atoms. The first-order chi connectivity index (χ1) is 11.8. The number of anilines is 1. The highest BCUT2D eigenvalue weighted by Gasteiger charge is 2.14. The van der Waals surface area contributed by atoms with Crippen LogP contribution in [0.25, 0.3) is 22.6 Å². The minimum Gasteiger partial charge on any atom is -0.436 e. The van der Waals surface area contributed by atoms with E-state index >= 15 is 0 Å². The minimum atomic E-state index is -0.347. The fraction of sp³-hybridized carbons (Fsp3) is 0. The first-order valence-corrected chi connectivity index (χ1v) is 7.33. The number of carbonyl (C=O) groups excluding carboxylic acids is 1. The SMILES string of the molecule is O=C(Nc1cccc2oc(-c3ccccc3)nc12)c1cnccn1. The molecule has 6 heteroatoms. The van der Waals surface area contributed by atoms with Gasteiger partial charge in [-0.05, 0) is 24.3 Å². The number of oxazole rings is 1. The van der Waals surface area contributed by atoms with Crippen LogP contribution in [0.2, 0.25) is 0 Å². The number of carbonyl (C=O) groups is 1. The number of nitrogens with zero attached hydrogens (tertiary/aromatic N) is 3. The summed E-state index contributed by atoms with van der Waals surface area (Å²) in [5.41, 5.74) is 2.87. The van der Waals surface area contributed by atoms with Gasteiger partial charge < -0.3 is 9.73 Å². The molecule has 1 N–H and O–H groups in total. The number of para-hydroxylation sites is 1. The quantitative estimate of drug-likeness (QED) is 0.625. The van der Waals surface area contributed by atoms with Gasteiger partial charge in [-0.2, -0.15) is 0 Å². The molecule has 0 radical (unpaired) electrons. The Hall–Kier alpha value is -3.54. The molecule has 2 aromatic heterocycles. The van der Waals surface area contributed by atoms with E-state index in [1.807, 2.05) is 36.4 Å². The average molecular weight is 316 g/mol. The van der Waals surface area contributed by atoms with Gasteiger partial charge in [-0.15, -0.1) is 0 Å². The van der Waals surface area contributed by atoms with E-state index in [1.165, 1.54) is 18.6 Å². The maximum atomic E-state index is 12.3. The molecule has 0 atom stereocenters. The maximum absolute atomic E-state index is 12.3. The molecule has 6 nitrogen and oxygen atoms in total. The van der Waals surface area contributed by atoms with Gasteiger partial charge in [0.05, 0.1) is 11.9 Å². The Labute approximate surface area is 137 Å². The summed E-state index contributed by atoms with van der Waals surface area (Å²) in [5, 5.41) is 2.80. The Kier molecular flexibility index (Phi) is 3.47. The number of aromatic nitrogens is 3. The largest absolute Gasteiger partial charge is 0.436 e. The van der Waals surface area contributed by atoms with Gasteiger partial charge in [-0.25, -0.2) is 9.97 Å². The molecule has 0 saturated carbocycles. The predicted octanol–water partition coefficient (Wildman–Crippen LogP) is 3.54. The van der Waals surface area contributed by atoms with Crippen molar-refractivity contribution >= 4 is 22.7 Å². The molecular weight excluding hydrogens is 304 g/mol. The van der Waals surface area contributed by atoms with Gasteiger partial charge in [0.1, 0.15) is 11.2 Å². The van der Waals surface area contributed by atoms with E-state index in [-0.39, 0.29) is 11.6 Å². The van der Waals surface area contributed by atoms with E-state index in [2.05, 4.69) is 20.3 Å². The Morgan fingerprint density at radius 2 is 1.88 bits per heavy atom. The van der Waals surface area contributed by atoms with Crippen molar-refractivity contribution in [3.05, 3.63) is 72.8 Å². The van der Waals surface area contributed by atoms with E-state index in [9.17, 15) is 4.79 Å². The van der Waals surface area contributed by atoms with E-state index in [0.717, 1.165) is 5.56 Å². The second-order valence-corrected chi connectivity index (χ2v) is 5.08. The molecule has 4 aromatic rings. The number of hydrogen-bond acceptors (Lipinski definition) is 5. The first kappa shape index (κ1) is 14.1. The molecule has 0 spiro atoms. The third kappa shape index (κ3) is 2.61. The van der Waals surface area contributed by atoms with Crippen molar-refractivity contribution in [3.8, 4) is 11.5 Å². The lowest BCUT2D eigenvalue weighted by Crippen LogP contribution is -2.14. The molecule has 1 amide bonds. The van der Waals surface area contributed by atoms with Gasteiger partial charge in [0.25, 0.3) is 5.91 Å². The third-order valence-electron chi connectivity index (χ3n) is 3.48. The molecule has 0 aliphatic rings. The highest BCUT2D eigenvalue weighted by Crippen LogP contribution is 2.28. The summed E-state index contributed by atoms with van der Waals surface area (Å²) in [4.78, 5) is 24.7. The number of nitrogens with one attached hydrogen (secondary N) is 1. The van der Waals surface area contributed by atoms with Crippen LogP contribution in [-0.4, -0.2) is 20.9 Å². The third-order valence-corrected chi connectivity index (χ3v) is 3.48. The van der Waals surface area contributed by atoms with Crippen molar-refractivity contribution in [1.82, 2.24) is 15.0 Å². The fourth-order valence-corrected chi connectivity index (χ4v) is 2.36. The molecule has 2 heterocycles. The Morgan fingerprint density at radius 3 is 2.67 bits per heavy atom. The zero-order chi connectivity index (χ0) is 16.4. The lowest BCUT2D eigenvalue weighted by Gasteiger charge is -2.04. The second-order valence-electron chi connectivity index (χ2n) is 5.08. The van der Waals surface area contributed by atoms with E-state index in [4.69, 9.17) is 4.42 Å². The zero-order valence-electron chi connectivity index (χ0n) is 12.5. The summed E-state index contributed by atoms with van der Waals surface area (Å²) < 4.78 is 5.79. The number of rotatable bonds is 3. The lowest BCUT2D eigenvalue weighted by molar-refractivity contribution is 0.102. The Bertz CT molecular complexity index is 997. The Balaban J connectivity index is 1.71. The summed E-state index contributed by atoms with van der Waals surface area (Å²) in [6.45, 7) is 0. The van der Waals surface area contributed by atoms with Gasteiger partial charge in [0.15, 0.2) is 5.58 Å². The van der Waals surface area contributed by atoms with Crippen molar-refractivity contribution in [2.75, 3.05) is 5.32 Å². The van der Waals surface area contributed by atoms with Crippen LogP contribution < -0.4 is 5.32 Å². The predicted molar refractivity (Wildman–Crippen MR) is 89.4 cm³/mol. The summed E-state index contributed by atoms with van der Waals surface area (Å²) in [7, 11) is 0. The summed E-state index contributed by atoms with van der Waals surface area (Å²) in [6, 6.07) is 15.0. The van der Waals surface area contributed by atoms with Gasteiger partial charge in [0.2, 0.25) is 5.89 Å². The van der Waals surface area contributed by atoms with Crippen LogP contribution in [-0.2, 0) is 0 Å². The normalized spacial score (nSPS) is 10.7. The van der Waals surface area contributed by atoms with E-state index in [0.29, 0.717) is 22.7 Å². The van der Waals surface area contributed by atoms with E-state index < -0.39 is 0 Å². The fourth-order valence-electron chi connectivity index (χ4n) is 2.36. The average Bonchev–Trinajstić information content (AvgIpc) is 3.08. The van der Waals surface area contributed by atoms with Gasteiger partial charge in [-0.1, -0.05) is 24.3 Å². The van der Waals surface area contributed by atoms with Crippen LogP contribution in [0.1, 0.15) is 10.5 Å². The van der Waals surface area contributed by atoms with Gasteiger partial charge in [0, 0.05) is 18.0 Å². The molecule has 0 aliphatic carbocycles.